The molecule has 1 aromatic carbocycles. The first-order chi connectivity index (χ1) is 15.7. The third kappa shape index (κ3) is 3.86. The lowest BCUT2D eigenvalue weighted by Gasteiger charge is -2.28. The predicted molar refractivity (Wildman–Crippen MR) is 114 cm³/mol. The Balaban J connectivity index is 1.70. The molecule has 170 valence electrons. The Kier molecular flexibility index (Phi) is 5.83. The highest BCUT2D eigenvalue weighted by atomic mass is 19.3. The fourth-order valence-electron chi connectivity index (χ4n) is 4.25. The van der Waals surface area contributed by atoms with Gasteiger partial charge in [0.1, 0.15) is 17.1 Å². The molecule has 2 aromatic heterocycles. The maximum Gasteiger partial charge on any atom is 0.296 e. The number of piperidine rings is 1. The molecule has 0 bridgehead atoms. The number of fused-ring (bicyclic) bond motifs is 1. The number of morpholine rings is 1. The highest BCUT2D eigenvalue weighted by Crippen LogP contribution is 2.33. The molecule has 2 saturated heterocycles. The van der Waals surface area contributed by atoms with Gasteiger partial charge in [0.25, 0.3) is 6.43 Å². The van der Waals surface area contributed by atoms with E-state index in [1.165, 1.54) is 11.7 Å². The SMILES string of the molecule is COc1cccc2c1nc(C(F)F)n2-c1nc(C2CCNCC2)nc(N2CCOCC2)n1. The van der Waals surface area contributed by atoms with Gasteiger partial charge >= 0.3 is 0 Å². The predicted octanol–water partition coefficient (Wildman–Crippen LogP) is 2.46. The van der Waals surface area contributed by atoms with Crippen molar-refractivity contribution in [1.82, 2.24) is 29.8 Å². The number of hydrogen-bond acceptors (Lipinski definition) is 8. The van der Waals surface area contributed by atoms with E-state index < -0.39 is 12.2 Å². The van der Waals surface area contributed by atoms with Crippen LogP contribution < -0.4 is 15.0 Å². The largest absolute Gasteiger partial charge is 0.494 e. The summed E-state index contributed by atoms with van der Waals surface area (Å²) >= 11 is 0. The lowest BCUT2D eigenvalue weighted by molar-refractivity contribution is 0.122. The number of imidazole rings is 1. The van der Waals surface area contributed by atoms with Gasteiger partial charge in [-0.2, -0.15) is 15.0 Å². The van der Waals surface area contributed by atoms with Gasteiger partial charge in [-0.25, -0.2) is 13.8 Å². The Bertz CT molecular complexity index is 1060. The Labute approximate surface area is 183 Å². The van der Waals surface area contributed by atoms with Crippen LogP contribution in [0.1, 0.15) is 36.8 Å². The fraction of sp³-hybridized carbons (Fsp3) is 0.524. The van der Waals surface area contributed by atoms with Gasteiger partial charge in [-0.3, -0.25) is 4.57 Å². The minimum Gasteiger partial charge on any atom is -0.494 e. The maximum absolute atomic E-state index is 14.1. The molecule has 0 spiro atoms. The molecule has 9 nitrogen and oxygen atoms in total. The molecule has 11 heteroatoms. The first-order valence-electron chi connectivity index (χ1n) is 10.8. The summed E-state index contributed by atoms with van der Waals surface area (Å²) in [6, 6.07) is 5.16. The average Bonchev–Trinajstić information content (AvgIpc) is 3.25. The van der Waals surface area contributed by atoms with Crippen molar-refractivity contribution in [3.63, 3.8) is 0 Å². The molecule has 5 rings (SSSR count). The summed E-state index contributed by atoms with van der Waals surface area (Å²) in [5.74, 6) is 1.40. The molecule has 2 aliphatic heterocycles. The van der Waals surface area contributed by atoms with Gasteiger partial charge in [-0.1, -0.05) is 6.07 Å². The summed E-state index contributed by atoms with van der Waals surface area (Å²) in [5.41, 5.74) is 0.817. The highest BCUT2D eigenvalue weighted by molar-refractivity contribution is 5.84. The molecule has 4 heterocycles. The number of alkyl halides is 2. The second-order valence-electron chi connectivity index (χ2n) is 7.85. The molecular formula is C21H25F2N7O2. The summed E-state index contributed by atoms with van der Waals surface area (Å²) in [6.07, 6.45) is -1.05. The second kappa shape index (κ2) is 8.91. The number of aromatic nitrogens is 5. The van der Waals surface area contributed by atoms with Crippen molar-refractivity contribution in [2.75, 3.05) is 51.4 Å². The van der Waals surface area contributed by atoms with Crippen molar-refractivity contribution in [2.45, 2.75) is 25.2 Å². The van der Waals surface area contributed by atoms with Crippen LogP contribution in [-0.2, 0) is 4.74 Å². The number of nitrogens with one attached hydrogen (secondary N) is 1. The number of para-hydroxylation sites is 1. The third-order valence-electron chi connectivity index (χ3n) is 5.92. The number of anilines is 1. The summed E-state index contributed by atoms with van der Waals surface area (Å²) in [6.45, 7) is 4.14. The van der Waals surface area contributed by atoms with Crippen LogP contribution in [0.2, 0.25) is 0 Å². The molecule has 0 radical (unpaired) electrons. The summed E-state index contributed by atoms with van der Waals surface area (Å²) in [4.78, 5) is 20.3. The second-order valence-corrected chi connectivity index (χ2v) is 7.85. The first kappa shape index (κ1) is 21.0. The number of hydrogen-bond donors (Lipinski definition) is 1. The van der Waals surface area contributed by atoms with Crippen molar-refractivity contribution in [3.05, 3.63) is 29.8 Å². The van der Waals surface area contributed by atoms with E-state index in [1.807, 2.05) is 4.90 Å². The quantitative estimate of drug-likeness (QED) is 0.641. The van der Waals surface area contributed by atoms with Crippen molar-refractivity contribution in [1.29, 1.82) is 0 Å². The molecule has 32 heavy (non-hydrogen) atoms. The summed E-state index contributed by atoms with van der Waals surface area (Å²) in [7, 11) is 1.49. The lowest BCUT2D eigenvalue weighted by atomic mass is 9.97. The number of nitrogens with zero attached hydrogens (tertiary/aromatic N) is 6. The van der Waals surface area contributed by atoms with Gasteiger partial charge in [-0.15, -0.1) is 0 Å². The summed E-state index contributed by atoms with van der Waals surface area (Å²) < 4.78 is 40.3. The van der Waals surface area contributed by atoms with Crippen molar-refractivity contribution in [3.8, 4) is 11.7 Å². The fourth-order valence-corrected chi connectivity index (χ4v) is 4.25. The zero-order chi connectivity index (χ0) is 22.1. The van der Waals surface area contributed by atoms with Gasteiger partial charge in [0.2, 0.25) is 11.9 Å². The van der Waals surface area contributed by atoms with Crippen molar-refractivity contribution in [2.24, 2.45) is 0 Å². The zero-order valence-electron chi connectivity index (χ0n) is 17.8. The van der Waals surface area contributed by atoms with E-state index in [2.05, 4.69) is 20.3 Å². The molecule has 0 atom stereocenters. The number of rotatable bonds is 5. The van der Waals surface area contributed by atoms with Gasteiger partial charge in [0.05, 0.1) is 25.8 Å². The van der Waals surface area contributed by atoms with Gasteiger partial charge in [0.15, 0.2) is 5.82 Å². The van der Waals surface area contributed by atoms with E-state index in [0.29, 0.717) is 54.9 Å². The van der Waals surface area contributed by atoms with Crippen LogP contribution in [0.3, 0.4) is 0 Å². The monoisotopic (exact) mass is 445 g/mol. The first-order valence-corrected chi connectivity index (χ1v) is 10.8. The van der Waals surface area contributed by atoms with Crippen LogP contribution in [0.15, 0.2) is 18.2 Å². The van der Waals surface area contributed by atoms with Gasteiger partial charge in [-0.05, 0) is 38.1 Å². The minimum atomic E-state index is -2.81. The van der Waals surface area contributed by atoms with Crippen LogP contribution >= 0.6 is 0 Å². The maximum atomic E-state index is 14.1. The highest BCUT2D eigenvalue weighted by Gasteiger charge is 2.27. The molecule has 3 aromatic rings. The molecule has 0 amide bonds. The average molecular weight is 445 g/mol. The number of benzene rings is 1. The van der Waals surface area contributed by atoms with Gasteiger partial charge < -0.3 is 19.7 Å². The van der Waals surface area contributed by atoms with E-state index in [4.69, 9.17) is 14.5 Å². The Hall–Kier alpha value is -2.92. The Morgan fingerprint density at radius 3 is 2.53 bits per heavy atom. The molecule has 0 saturated carbocycles. The Morgan fingerprint density at radius 2 is 1.81 bits per heavy atom. The third-order valence-corrected chi connectivity index (χ3v) is 5.92. The normalized spacial score (nSPS) is 17.9. The Morgan fingerprint density at radius 1 is 1.06 bits per heavy atom. The molecule has 1 N–H and O–H groups in total. The van der Waals surface area contributed by atoms with Crippen LogP contribution in [0.25, 0.3) is 17.0 Å². The van der Waals surface area contributed by atoms with Crippen molar-refractivity contribution < 1.29 is 18.3 Å². The lowest BCUT2D eigenvalue weighted by Crippen LogP contribution is -2.38. The number of halogens is 2. The zero-order valence-corrected chi connectivity index (χ0v) is 17.8. The smallest absolute Gasteiger partial charge is 0.296 e. The van der Waals surface area contributed by atoms with E-state index in [0.717, 1.165) is 25.9 Å². The number of methoxy groups -OCH3 is 1. The van der Waals surface area contributed by atoms with E-state index in [1.54, 1.807) is 18.2 Å². The number of ether oxygens (including phenoxy) is 2. The van der Waals surface area contributed by atoms with Gasteiger partial charge in [0, 0.05) is 19.0 Å². The van der Waals surface area contributed by atoms with E-state index in [9.17, 15) is 8.78 Å². The van der Waals surface area contributed by atoms with E-state index in [-0.39, 0.29) is 11.9 Å². The summed E-state index contributed by atoms with van der Waals surface area (Å²) in [5, 5.41) is 3.34. The molecule has 0 aliphatic carbocycles. The van der Waals surface area contributed by atoms with Crippen LogP contribution in [-0.4, -0.2) is 71.0 Å². The van der Waals surface area contributed by atoms with Crippen molar-refractivity contribution >= 4 is 17.0 Å². The molecule has 2 fully saturated rings. The minimum absolute atomic E-state index is 0.136. The molecule has 0 unspecified atom stereocenters. The molecule has 2 aliphatic rings. The standard InChI is InChI=1S/C21H25F2N7O2/c1-31-15-4-2-3-14-16(15)25-19(17(22)23)30(14)21-27-18(13-5-7-24-8-6-13)26-20(28-21)29-9-11-32-12-10-29/h2-4,13,17,24H,5-12H2,1H3. The van der Waals surface area contributed by atoms with Crippen LogP contribution in [0, 0.1) is 0 Å². The van der Waals surface area contributed by atoms with Crippen LogP contribution in [0.5, 0.6) is 5.75 Å². The van der Waals surface area contributed by atoms with Crippen LogP contribution in [0.4, 0.5) is 14.7 Å². The molecular weight excluding hydrogens is 420 g/mol. The van der Waals surface area contributed by atoms with E-state index >= 15 is 0 Å². The topological polar surface area (TPSA) is 90.2 Å².